The predicted octanol–water partition coefficient (Wildman–Crippen LogP) is 1.70. The van der Waals surface area contributed by atoms with Crippen molar-refractivity contribution in [2.75, 3.05) is 19.4 Å². The third-order valence-corrected chi connectivity index (χ3v) is 5.50. The van der Waals surface area contributed by atoms with Crippen molar-refractivity contribution in [1.29, 1.82) is 0 Å². The Morgan fingerprint density at radius 2 is 1.86 bits per heavy atom. The van der Waals surface area contributed by atoms with E-state index in [1.807, 2.05) is 30.3 Å². The van der Waals surface area contributed by atoms with Crippen molar-refractivity contribution >= 4 is 15.8 Å². The first-order chi connectivity index (χ1) is 9.96. The van der Waals surface area contributed by atoms with E-state index in [-0.39, 0.29) is 12.6 Å². The van der Waals surface area contributed by atoms with Crippen LogP contribution in [-0.2, 0) is 19.4 Å². The molecule has 6 heteroatoms. The van der Waals surface area contributed by atoms with Crippen LogP contribution in [0.15, 0.2) is 30.3 Å². The fourth-order valence-corrected chi connectivity index (χ4v) is 4.24. The molecule has 0 amide bonds. The molecule has 0 aliphatic rings. The maximum Gasteiger partial charge on any atom is 0.321 e. The summed E-state index contributed by atoms with van der Waals surface area (Å²) in [5.41, 5.74) is 0.888. The lowest BCUT2D eigenvalue weighted by Crippen LogP contribution is -2.38. The molecule has 0 bridgehead atoms. The highest BCUT2D eigenvalue weighted by Gasteiger charge is 2.34. The van der Waals surface area contributed by atoms with Crippen LogP contribution in [0.4, 0.5) is 0 Å². The largest absolute Gasteiger partial charge is 0.465 e. The Bertz CT molecular complexity index is 542. The third kappa shape index (κ3) is 4.82. The topological polar surface area (TPSA) is 72.5 Å². The minimum Gasteiger partial charge on any atom is -0.465 e. The lowest BCUT2D eigenvalue weighted by molar-refractivity contribution is -0.139. The summed E-state index contributed by atoms with van der Waals surface area (Å²) in [6.45, 7) is 3.64. The van der Waals surface area contributed by atoms with E-state index >= 15 is 0 Å². The van der Waals surface area contributed by atoms with Crippen LogP contribution in [0.1, 0.15) is 31.9 Å². The van der Waals surface area contributed by atoms with E-state index in [1.54, 1.807) is 20.9 Å². The van der Waals surface area contributed by atoms with Crippen LogP contribution in [0.2, 0.25) is 0 Å². The van der Waals surface area contributed by atoms with Gasteiger partial charge in [0.1, 0.15) is 5.75 Å². The van der Waals surface area contributed by atoms with Gasteiger partial charge in [-0.2, -0.15) is 0 Å². The maximum atomic E-state index is 12.5. The van der Waals surface area contributed by atoms with E-state index in [1.165, 1.54) is 0 Å². The number of sulfone groups is 1. The van der Waals surface area contributed by atoms with Gasteiger partial charge in [0.05, 0.1) is 11.9 Å². The molecule has 0 aliphatic carbocycles. The molecule has 0 aromatic heterocycles. The smallest absolute Gasteiger partial charge is 0.321 e. The van der Waals surface area contributed by atoms with Crippen LogP contribution in [0.25, 0.3) is 0 Å². The van der Waals surface area contributed by atoms with Crippen LogP contribution in [-0.4, -0.2) is 39.0 Å². The Balaban J connectivity index is 3.01. The molecule has 0 spiro atoms. The number of carbonyl (C=O) groups excluding carboxylic acids is 1. The second-order valence-electron chi connectivity index (χ2n) is 4.74. The Morgan fingerprint density at radius 1 is 1.24 bits per heavy atom. The summed E-state index contributed by atoms with van der Waals surface area (Å²) in [5, 5.41) is 2.38. The molecule has 1 aromatic carbocycles. The van der Waals surface area contributed by atoms with Crippen LogP contribution in [0.5, 0.6) is 0 Å². The summed E-state index contributed by atoms with van der Waals surface area (Å²) >= 11 is 0. The lowest BCUT2D eigenvalue weighted by Gasteiger charge is -2.26. The fraction of sp³-hybridized carbons (Fsp3) is 0.533. The monoisotopic (exact) mass is 313 g/mol. The number of carbonyl (C=O) groups is 1. The van der Waals surface area contributed by atoms with Gasteiger partial charge in [-0.3, -0.25) is 4.79 Å². The Hall–Kier alpha value is -1.40. The third-order valence-electron chi connectivity index (χ3n) is 3.33. The first-order valence-electron chi connectivity index (χ1n) is 7.05. The quantitative estimate of drug-likeness (QED) is 0.740. The summed E-state index contributed by atoms with van der Waals surface area (Å²) in [7, 11) is -1.87. The number of esters is 1. The van der Waals surface area contributed by atoms with Crippen molar-refractivity contribution in [3.05, 3.63) is 35.9 Å². The normalized spacial score (nSPS) is 14.4. The summed E-state index contributed by atoms with van der Waals surface area (Å²) in [5.74, 6) is -1.27. The van der Waals surface area contributed by atoms with Crippen LogP contribution in [0, 0.1) is 0 Å². The van der Waals surface area contributed by atoms with Gasteiger partial charge in [0.25, 0.3) is 0 Å². The van der Waals surface area contributed by atoms with E-state index in [9.17, 15) is 13.2 Å². The SMILES string of the molecule is CCOC(=O)CS(=O)(=O)C(CC)C(NC)c1ccccc1. The van der Waals surface area contributed by atoms with E-state index in [2.05, 4.69) is 5.32 Å². The zero-order valence-electron chi connectivity index (χ0n) is 12.7. The first-order valence-corrected chi connectivity index (χ1v) is 8.77. The molecule has 2 atom stereocenters. The van der Waals surface area contributed by atoms with Gasteiger partial charge in [-0.1, -0.05) is 37.3 Å². The molecule has 2 unspecified atom stereocenters. The van der Waals surface area contributed by atoms with E-state index < -0.39 is 26.8 Å². The minimum atomic E-state index is -3.59. The van der Waals surface area contributed by atoms with Crippen molar-refractivity contribution in [3.63, 3.8) is 0 Å². The van der Waals surface area contributed by atoms with Crippen molar-refractivity contribution in [3.8, 4) is 0 Å². The summed E-state index contributed by atoms with van der Waals surface area (Å²) in [6.07, 6.45) is 0.419. The van der Waals surface area contributed by atoms with Gasteiger partial charge >= 0.3 is 5.97 Å². The van der Waals surface area contributed by atoms with Gasteiger partial charge in [-0.25, -0.2) is 8.42 Å². The molecular formula is C15H23NO4S. The fourth-order valence-electron chi connectivity index (χ4n) is 2.40. The van der Waals surface area contributed by atoms with Crippen LogP contribution >= 0.6 is 0 Å². The van der Waals surface area contributed by atoms with E-state index in [4.69, 9.17) is 4.74 Å². The summed E-state index contributed by atoms with van der Waals surface area (Å²) in [4.78, 5) is 11.5. The van der Waals surface area contributed by atoms with Crippen molar-refractivity contribution in [1.82, 2.24) is 5.32 Å². The van der Waals surface area contributed by atoms with Gasteiger partial charge in [-0.15, -0.1) is 0 Å². The molecule has 0 saturated carbocycles. The Labute approximate surface area is 126 Å². The minimum absolute atomic E-state index is 0.180. The molecule has 1 N–H and O–H groups in total. The average Bonchev–Trinajstić information content (AvgIpc) is 2.44. The second-order valence-corrected chi connectivity index (χ2v) is 6.96. The van der Waals surface area contributed by atoms with Crippen molar-refractivity contribution in [2.45, 2.75) is 31.6 Å². The molecule has 5 nitrogen and oxygen atoms in total. The van der Waals surface area contributed by atoms with Crippen molar-refractivity contribution in [2.24, 2.45) is 0 Å². The number of rotatable bonds is 8. The van der Waals surface area contributed by atoms with Crippen LogP contribution in [0.3, 0.4) is 0 Å². The molecule has 118 valence electrons. The van der Waals surface area contributed by atoms with Crippen molar-refractivity contribution < 1.29 is 17.9 Å². The van der Waals surface area contributed by atoms with E-state index in [0.29, 0.717) is 6.42 Å². The highest BCUT2D eigenvalue weighted by atomic mass is 32.2. The number of benzene rings is 1. The Morgan fingerprint density at radius 3 is 2.33 bits per heavy atom. The summed E-state index contributed by atoms with van der Waals surface area (Å²) in [6, 6.07) is 9.02. The van der Waals surface area contributed by atoms with Gasteiger partial charge < -0.3 is 10.1 Å². The molecule has 0 saturated heterocycles. The molecule has 21 heavy (non-hydrogen) atoms. The number of nitrogens with one attached hydrogen (secondary N) is 1. The molecule has 0 aliphatic heterocycles. The number of hydrogen-bond acceptors (Lipinski definition) is 5. The molecule has 0 radical (unpaired) electrons. The first kappa shape index (κ1) is 17.7. The zero-order chi connectivity index (χ0) is 15.9. The highest BCUT2D eigenvalue weighted by Crippen LogP contribution is 2.25. The summed E-state index contributed by atoms with van der Waals surface area (Å²) < 4.78 is 29.7. The standard InChI is InChI=1S/C15H23NO4S/c1-4-13(21(18,19)11-14(17)20-5-2)15(16-3)12-9-7-6-8-10-12/h6-10,13,15-16H,4-5,11H2,1-3H3. The predicted molar refractivity (Wildman–Crippen MR) is 82.7 cm³/mol. The van der Waals surface area contributed by atoms with E-state index in [0.717, 1.165) is 5.56 Å². The number of hydrogen-bond donors (Lipinski definition) is 1. The molecule has 1 aromatic rings. The molecule has 0 heterocycles. The molecule has 0 fully saturated rings. The molecule has 1 rings (SSSR count). The van der Waals surface area contributed by atoms with Gasteiger partial charge in [0.15, 0.2) is 9.84 Å². The van der Waals surface area contributed by atoms with Gasteiger partial charge in [0, 0.05) is 6.04 Å². The zero-order valence-corrected chi connectivity index (χ0v) is 13.5. The maximum absolute atomic E-state index is 12.5. The average molecular weight is 313 g/mol. The Kier molecular flexibility index (Phi) is 6.84. The second kappa shape index (κ2) is 8.14. The number of ether oxygens (including phenoxy) is 1. The highest BCUT2D eigenvalue weighted by molar-refractivity contribution is 7.92. The lowest BCUT2D eigenvalue weighted by atomic mass is 10.0. The van der Waals surface area contributed by atoms with Gasteiger partial charge in [-0.05, 0) is 26.0 Å². The molecular weight excluding hydrogens is 290 g/mol. The van der Waals surface area contributed by atoms with Crippen LogP contribution < -0.4 is 5.32 Å². The van der Waals surface area contributed by atoms with Gasteiger partial charge in [0.2, 0.25) is 0 Å².